The number of piperazine rings is 1. The molecule has 0 aliphatic carbocycles. The number of para-hydroxylation sites is 1. The zero-order valence-corrected chi connectivity index (χ0v) is 12.0. The minimum atomic E-state index is -4.05. The number of nitrogens with one attached hydrogen (secondary N) is 1. The minimum Gasteiger partial charge on any atom is -0.395 e. The number of amides is 1. The van der Waals surface area contributed by atoms with Crippen LogP contribution < -0.4 is 11.1 Å². The van der Waals surface area contributed by atoms with Gasteiger partial charge in [0.05, 0.1) is 5.69 Å². The molecule has 1 saturated heterocycles. The lowest BCUT2D eigenvalue weighted by molar-refractivity contribution is -0.131. The molecule has 0 aromatic heterocycles. The first-order chi connectivity index (χ1) is 9.19. The van der Waals surface area contributed by atoms with Crippen molar-refractivity contribution in [3.63, 3.8) is 0 Å². The fourth-order valence-corrected chi connectivity index (χ4v) is 4.04. The maximum absolute atomic E-state index is 13.5. The fourth-order valence-electron chi connectivity index (χ4n) is 2.16. The van der Waals surface area contributed by atoms with Crippen LogP contribution in [0.15, 0.2) is 23.1 Å². The Morgan fingerprint density at radius 1 is 1.40 bits per heavy atom. The normalized spacial score (nSPS) is 19.6. The summed E-state index contributed by atoms with van der Waals surface area (Å²) in [5, 5.41) is 2.60. The summed E-state index contributed by atoms with van der Waals surface area (Å²) in [5.74, 6) is -1.20. The lowest BCUT2D eigenvalue weighted by Crippen LogP contribution is -2.63. The van der Waals surface area contributed by atoms with Crippen LogP contribution in [0.5, 0.6) is 0 Å². The molecule has 20 heavy (non-hydrogen) atoms. The van der Waals surface area contributed by atoms with E-state index >= 15 is 0 Å². The van der Waals surface area contributed by atoms with Crippen molar-refractivity contribution in [2.75, 3.05) is 18.8 Å². The van der Waals surface area contributed by atoms with Gasteiger partial charge in [-0.2, -0.15) is 4.31 Å². The third-order valence-electron chi connectivity index (χ3n) is 3.36. The third-order valence-corrected chi connectivity index (χ3v) is 5.49. The molecule has 8 heteroatoms. The van der Waals surface area contributed by atoms with Gasteiger partial charge in [0.2, 0.25) is 15.9 Å². The summed E-state index contributed by atoms with van der Waals surface area (Å²) in [6.45, 7) is 3.30. The molecule has 3 N–H and O–H groups in total. The largest absolute Gasteiger partial charge is 0.395 e. The number of hydrogen-bond acceptors (Lipinski definition) is 4. The number of nitrogens with zero attached hydrogens (tertiary/aromatic N) is 1. The van der Waals surface area contributed by atoms with E-state index in [2.05, 4.69) is 5.32 Å². The highest BCUT2D eigenvalue weighted by Gasteiger charge is 2.45. The Labute approximate surface area is 116 Å². The number of nitrogen functional groups attached to an aromatic ring is 1. The Kier molecular flexibility index (Phi) is 3.47. The molecule has 2 rings (SSSR count). The second-order valence-electron chi connectivity index (χ2n) is 5.04. The zero-order valence-electron chi connectivity index (χ0n) is 11.2. The summed E-state index contributed by atoms with van der Waals surface area (Å²) < 4.78 is 39.7. The van der Waals surface area contributed by atoms with Gasteiger partial charge in [0.25, 0.3) is 0 Å². The minimum absolute atomic E-state index is 0.108. The van der Waals surface area contributed by atoms with E-state index in [0.717, 1.165) is 10.4 Å². The molecule has 1 aliphatic rings. The quantitative estimate of drug-likeness (QED) is 0.769. The van der Waals surface area contributed by atoms with Crippen LogP contribution in [-0.2, 0) is 14.8 Å². The Bertz CT molecular complexity index is 658. The van der Waals surface area contributed by atoms with E-state index in [1.807, 2.05) is 0 Å². The maximum atomic E-state index is 13.5. The smallest absolute Gasteiger partial charge is 0.246 e. The highest BCUT2D eigenvalue weighted by atomic mass is 32.2. The Hall–Kier alpha value is -1.67. The van der Waals surface area contributed by atoms with Crippen molar-refractivity contribution in [2.24, 2.45) is 0 Å². The van der Waals surface area contributed by atoms with Crippen molar-refractivity contribution in [3.8, 4) is 0 Å². The van der Waals surface area contributed by atoms with Crippen LogP contribution in [0, 0.1) is 5.82 Å². The Balaban J connectivity index is 2.55. The van der Waals surface area contributed by atoms with Gasteiger partial charge < -0.3 is 11.1 Å². The van der Waals surface area contributed by atoms with E-state index in [9.17, 15) is 17.6 Å². The lowest BCUT2D eigenvalue weighted by atomic mass is 10.0. The van der Waals surface area contributed by atoms with Gasteiger partial charge in [-0.3, -0.25) is 4.79 Å². The number of rotatable bonds is 2. The molecule has 1 aliphatic heterocycles. The van der Waals surface area contributed by atoms with Gasteiger partial charge in [-0.15, -0.1) is 0 Å². The number of benzene rings is 1. The standard InChI is InChI=1S/C12H16FN3O3S/c1-12(2)11(17)15-6-7-16(12)20(18,19)9-5-3-4-8(13)10(9)14/h3-5H,6-7,14H2,1-2H3,(H,15,17). The van der Waals surface area contributed by atoms with Gasteiger partial charge in [-0.05, 0) is 26.0 Å². The van der Waals surface area contributed by atoms with Crippen LogP contribution in [0.3, 0.4) is 0 Å². The highest BCUT2D eigenvalue weighted by molar-refractivity contribution is 7.89. The summed E-state index contributed by atoms with van der Waals surface area (Å²) in [5.41, 5.74) is 3.83. The summed E-state index contributed by atoms with van der Waals surface area (Å²) in [4.78, 5) is 11.5. The number of hydrogen-bond donors (Lipinski definition) is 2. The Morgan fingerprint density at radius 2 is 2.05 bits per heavy atom. The summed E-state index contributed by atoms with van der Waals surface area (Å²) in [7, 11) is -4.05. The van der Waals surface area contributed by atoms with Crippen LogP contribution in [0.2, 0.25) is 0 Å². The molecular formula is C12H16FN3O3S. The van der Waals surface area contributed by atoms with E-state index in [1.54, 1.807) is 0 Å². The van der Waals surface area contributed by atoms with Crippen LogP contribution >= 0.6 is 0 Å². The van der Waals surface area contributed by atoms with E-state index < -0.39 is 33.0 Å². The van der Waals surface area contributed by atoms with Gasteiger partial charge >= 0.3 is 0 Å². The first kappa shape index (κ1) is 14.7. The molecule has 0 atom stereocenters. The molecular weight excluding hydrogens is 285 g/mol. The van der Waals surface area contributed by atoms with Crippen LogP contribution in [0.1, 0.15) is 13.8 Å². The van der Waals surface area contributed by atoms with Crippen molar-refractivity contribution in [3.05, 3.63) is 24.0 Å². The predicted molar refractivity (Wildman–Crippen MR) is 71.8 cm³/mol. The third kappa shape index (κ3) is 2.14. The second kappa shape index (κ2) is 4.71. The average Bonchev–Trinajstić information content (AvgIpc) is 2.35. The highest BCUT2D eigenvalue weighted by Crippen LogP contribution is 2.30. The SMILES string of the molecule is CC1(C)C(=O)NCCN1S(=O)(=O)c1cccc(F)c1N. The monoisotopic (exact) mass is 301 g/mol. The number of nitrogens with two attached hydrogens (primary N) is 1. The lowest BCUT2D eigenvalue weighted by Gasteiger charge is -2.40. The Morgan fingerprint density at radius 3 is 2.70 bits per heavy atom. The number of halogens is 1. The van der Waals surface area contributed by atoms with Crippen molar-refractivity contribution in [2.45, 2.75) is 24.3 Å². The molecule has 0 saturated carbocycles. The molecule has 1 aromatic rings. The van der Waals surface area contributed by atoms with Crippen LogP contribution in [-0.4, -0.2) is 37.3 Å². The number of carbonyl (C=O) groups excluding carboxylic acids is 1. The molecule has 0 spiro atoms. The van der Waals surface area contributed by atoms with Gasteiger partial charge in [0, 0.05) is 13.1 Å². The molecule has 0 unspecified atom stereocenters. The first-order valence-electron chi connectivity index (χ1n) is 6.04. The molecule has 1 amide bonds. The van der Waals surface area contributed by atoms with Crippen molar-refractivity contribution >= 4 is 21.6 Å². The van der Waals surface area contributed by atoms with Crippen LogP contribution in [0.25, 0.3) is 0 Å². The average molecular weight is 301 g/mol. The summed E-state index contributed by atoms with van der Waals surface area (Å²) in [6, 6.07) is 3.59. The molecule has 1 heterocycles. The van der Waals surface area contributed by atoms with Gasteiger partial charge in [0.15, 0.2) is 0 Å². The molecule has 1 fully saturated rings. The second-order valence-corrected chi connectivity index (χ2v) is 6.87. The number of sulfonamides is 1. The molecule has 0 radical (unpaired) electrons. The van der Waals surface area contributed by atoms with Crippen molar-refractivity contribution < 1.29 is 17.6 Å². The van der Waals surface area contributed by atoms with Crippen LogP contribution in [0.4, 0.5) is 10.1 Å². The van der Waals surface area contributed by atoms with Crippen molar-refractivity contribution in [1.82, 2.24) is 9.62 Å². The summed E-state index contributed by atoms with van der Waals surface area (Å²) in [6.07, 6.45) is 0. The maximum Gasteiger partial charge on any atom is 0.246 e. The molecule has 6 nitrogen and oxygen atoms in total. The topological polar surface area (TPSA) is 92.5 Å². The van der Waals surface area contributed by atoms with E-state index in [1.165, 1.54) is 26.0 Å². The molecule has 0 bridgehead atoms. The first-order valence-corrected chi connectivity index (χ1v) is 7.48. The molecule has 110 valence electrons. The van der Waals surface area contributed by atoms with E-state index in [0.29, 0.717) is 0 Å². The summed E-state index contributed by atoms with van der Waals surface area (Å²) >= 11 is 0. The zero-order chi connectivity index (χ0) is 15.1. The number of carbonyl (C=O) groups is 1. The van der Waals surface area contributed by atoms with Gasteiger partial charge in [-0.25, -0.2) is 12.8 Å². The van der Waals surface area contributed by atoms with E-state index in [-0.39, 0.29) is 18.0 Å². The van der Waals surface area contributed by atoms with Crippen molar-refractivity contribution in [1.29, 1.82) is 0 Å². The number of anilines is 1. The predicted octanol–water partition coefficient (Wildman–Crippen LogP) is 0.307. The van der Waals surface area contributed by atoms with Gasteiger partial charge in [-0.1, -0.05) is 6.07 Å². The fraction of sp³-hybridized carbons (Fsp3) is 0.417. The van der Waals surface area contributed by atoms with Gasteiger partial charge in [0.1, 0.15) is 16.3 Å². The molecule has 1 aromatic carbocycles. The van der Waals surface area contributed by atoms with E-state index in [4.69, 9.17) is 5.73 Å².